The third kappa shape index (κ3) is 3.54. The summed E-state index contributed by atoms with van der Waals surface area (Å²) in [5.74, 6) is 0.961. The van der Waals surface area contributed by atoms with E-state index in [1.165, 1.54) is 38.8 Å². The molecule has 3 nitrogen and oxygen atoms in total. The lowest BCUT2D eigenvalue weighted by molar-refractivity contribution is 0.174. The summed E-state index contributed by atoms with van der Waals surface area (Å²) in [6, 6.07) is 9.53. The molecule has 0 radical (unpaired) electrons. The Hall–Kier alpha value is -0.580. The molecule has 2 atom stereocenters. The number of benzene rings is 1. The molecule has 0 aromatic heterocycles. The molecule has 110 valence electrons. The Morgan fingerprint density at radius 3 is 2.80 bits per heavy atom. The minimum Gasteiger partial charge on any atom is -0.492 e. The van der Waals surface area contributed by atoms with E-state index < -0.39 is 0 Å². The number of hydrogen-bond acceptors (Lipinski definition) is 3. The smallest absolute Gasteiger partial charge is 0.119 e. The number of nitrogens with one attached hydrogen (secondary N) is 1. The fraction of sp³-hybridized carbons (Fsp3) is 0.625. The second-order valence-electron chi connectivity index (χ2n) is 5.75. The molecule has 2 aliphatic heterocycles. The standard InChI is InChI=1S/C16H23BrN2O/c17-13-5-7-14(8-6-13)20-12-11-19-10-2-4-16(19)15-3-1-9-18-15/h5-8,15-16,18H,1-4,9-12H2. The Morgan fingerprint density at radius 1 is 1.20 bits per heavy atom. The number of likely N-dealkylation sites (tertiary alicyclic amines) is 1. The van der Waals surface area contributed by atoms with Gasteiger partial charge in [0.15, 0.2) is 0 Å². The van der Waals surface area contributed by atoms with Gasteiger partial charge in [0, 0.05) is 23.1 Å². The zero-order valence-electron chi connectivity index (χ0n) is 11.9. The molecule has 4 heteroatoms. The average molecular weight is 339 g/mol. The molecule has 2 saturated heterocycles. The van der Waals surface area contributed by atoms with Crippen LogP contribution in [0.25, 0.3) is 0 Å². The summed E-state index contributed by atoms with van der Waals surface area (Å²) in [5.41, 5.74) is 0. The fourth-order valence-electron chi connectivity index (χ4n) is 3.44. The summed E-state index contributed by atoms with van der Waals surface area (Å²) in [5, 5.41) is 3.66. The summed E-state index contributed by atoms with van der Waals surface area (Å²) in [7, 11) is 0. The molecule has 2 aliphatic rings. The lowest BCUT2D eigenvalue weighted by atomic mass is 10.0. The van der Waals surface area contributed by atoms with Gasteiger partial charge in [-0.05, 0) is 63.0 Å². The zero-order valence-corrected chi connectivity index (χ0v) is 13.4. The highest BCUT2D eigenvalue weighted by atomic mass is 79.9. The molecule has 0 saturated carbocycles. The largest absolute Gasteiger partial charge is 0.492 e. The van der Waals surface area contributed by atoms with Gasteiger partial charge in [-0.3, -0.25) is 4.90 Å². The Balaban J connectivity index is 1.46. The maximum absolute atomic E-state index is 5.85. The molecule has 0 bridgehead atoms. The first-order chi connectivity index (χ1) is 9.83. The molecule has 1 N–H and O–H groups in total. The lowest BCUT2D eigenvalue weighted by Crippen LogP contribution is -2.45. The number of hydrogen-bond donors (Lipinski definition) is 1. The lowest BCUT2D eigenvalue weighted by Gasteiger charge is -2.29. The van der Waals surface area contributed by atoms with Gasteiger partial charge >= 0.3 is 0 Å². The maximum Gasteiger partial charge on any atom is 0.119 e. The van der Waals surface area contributed by atoms with E-state index in [1.807, 2.05) is 24.3 Å². The van der Waals surface area contributed by atoms with Gasteiger partial charge in [0.25, 0.3) is 0 Å². The number of halogens is 1. The first kappa shape index (κ1) is 14.4. The highest BCUT2D eigenvalue weighted by molar-refractivity contribution is 9.10. The normalized spacial score (nSPS) is 27.1. The second-order valence-corrected chi connectivity index (χ2v) is 6.67. The fourth-order valence-corrected chi connectivity index (χ4v) is 3.70. The average Bonchev–Trinajstić information content (AvgIpc) is 3.11. The molecule has 3 rings (SSSR count). The van der Waals surface area contributed by atoms with Crippen LogP contribution >= 0.6 is 15.9 Å². The van der Waals surface area contributed by atoms with Crippen LogP contribution in [0.1, 0.15) is 25.7 Å². The third-order valence-corrected chi connectivity index (χ3v) is 4.97. The van der Waals surface area contributed by atoms with Crippen LogP contribution in [0, 0.1) is 0 Å². The predicted molar refractivity (Wildman–Crippen MR) is 85.3 cm³/mol. The van der Waals surface area contributed by atoms with Crippen LogP contribution in [-0.2, 0) is 0 Å². The Bertz CT molecular complexity index is 417. The van der Waals surface area contributed by atoms with Gasteiger partial charge in [0.05, 0.1) is 0 Å². The van der Waals surface area contributed by atoms with Crippen molar-refractivity contribution in [3.05, 3.63) is 28.7 Å². The highest BCUT2D eigenvalue weighted by Gasteiger charge is 2.32. The number of ether oxygens (including phenoxy) is 1. The first-order valence-corrected chi connectivity index (χ1v) is 8.48. The maximum atomic E-state index is 5.85. The van der Waals surface area contributed by atoms with Crippen molar-refractivity contribution in [2.24, 2.45) is 0 Å². The van der Waals surface area contributed by atoms with Crippen molar-refractivity contribution in [1.29, 1.82) is 0 Å². The van der Waals surface area contributed by atoms with Gasteiger partial charge in [-0.1, -0.05) is 15.9 Å². The molecule has 2 fully saturated rings. The zero-order chi connectivity index (χ0) is 13.8. The van der Waals surface area contributed by atoms with Crippen molar-refractivity contribution in [2.75, 3.05) is 26.2 Å². The van der Waals surface area contributed by atoms with Gasteiger partial charge in [-0.2, -0.15) is 0 Å². The van der Waals surface area contributed by atoms with Crippen LogP contribution in [-0.4, -0.2) is 43.2 Å². The second kappa shape index (κ2) is 6.92. The van der Waals surface area contributed by atoms with E-state index in [0.29, 0.717) is 6.04 Å². The molecule has 2 heterocycles. The van der Waals surface area contributed by atoms with E-state index in [0.717, 1.165) is 29.4 Å². The van der Waals surface area contributed by atoms with Gasteiger partial charge in [-0.15, -0.1) is 0 Å². The molecular weight excluding hydrogens is 316 g/mol. The van der Waals surface area contributed by atoms with Crippen LogP contribution in [0.4, 0.5) is 0 Å². The van der Waals surface area contributed by atoms with E-state index in [2.05, 4.69) is 26.1 Å². The molecule has 0 spiro atoms. The van der Waals surface area contributed by atoms with Crippen LogP contribution < -0.4 is 10.1 Å². The molecule has 0 aliphatic carbocycles. The molecule has 20 heavy (non-hydrogen) atoms. The topological polar surface area (TPSA) is 24.5 Å². The van der Waals surface area contributed by atoms with Crippen molar-refractivity contribution in [3.63, 3.8) is 0 Å². The van der Waals surface area contributed by atoms with Crippen LogP contribution in [0.15, 0.2) is 28.7 Å². The number of rotatable bonds is 5. The van der Waals surface area contributed by atoms with Gasteiger partial charge in [-0.25, -0.2) is 0 Å². The molecule has 1 aromatic rings. The Labute approximate surface area is 129 Å². The van der Waals surface area contributed by atoms with Crippen LogP contribution in [0.5, 0.6) is 5.75 Å². The highest BCUT2D eigenvalue weighted by Crippen LogP contribution is 2.24. The van der Waals surface area contributed by atoms with Gasteiger partial charge in [0.1, 0.15) is 12.4 Å². The third-order valence-electron chi connectivity index (χ3n) is 4.44. The van der Waals surface area contributed by atoms with E-state index in [1.54, 1.807) is 0 Å². The van der Waals surface area contributed by atoms with Crippen molar-refractivity contribution in [3.8, 4) is 5.75 Å². The Kier molecular flexibility index (Phi) is 4.97. The minimum absolute atomic E-state index is 0.713. The molecule has 1 aromatic carbocycles. The Morgan fingerprint density at radius 2 is 2.05 bits per heavy atom. The quantitative estimate of drug-likeness (QED) is 0.892. The molecule has 2 unspecified atom stereocenters. The van der Waals surface area contributed by atoms with Crippen molar-refractivity contribution in [1.82, 2.24) is 10.2 Å². The molecular formula is C16H23BrN2O. The first-order valence-electron chi connectivity index (χ1n) is 7.69. The minimum atomic E-state index is 0.713. The van der Waals surface area contributed by atoms with Gasteiger partial charge < -0.3 is 10.1 Å². The summed E-state index contributed by atoms with van der Waals surface area (Å²) in [6.07, 6.45) is 5.36. The summed E-state index contributed by atoms with van der Waals surface area (Å²) in [4.78, 5) is 2.61. The van der Waals surface area contributed by atoms with Crippen molar-refractivity contribution < 1.29 is 4.74 Å². The van der Waals surface area contributed by atoms with Gasteiger partial charge in [0.2, 0.25) is 0 Å². The predicted octanol–water partition coefficient (Wildman–Crippen LogP) is 3.04. The van der Waals surface area contributed by atoms with Crippen molar-refractivity contribution >= 4 is 15.9 Å². The summed E-state index contributed by atoms with van der Waals surface area (Å²) >= 11 is 3.44. The van der Waals surface area contributed by atoms with Crippen molar-refractivity contribution in [2.45, 2.75) is 37.8 Å². The summed E-state index contributed by atoms with van der Waals surface area (Å²) in [6.45, 7) is 4.25. The molecule has 0 amide bonds. The van der Waals surface area contributed by atoms with Crippen LogP contribution in [0.3, 0.4) is 0 Å². The van der Waals surface area contributed by atoms with E-state index in [-0.39, 0.29) is 0 Å². The van der Waals surface area contributed by atoms with E-state index in [4.69, 9.17) is 4.74 Å². The summed E-state index contributed by atoms with van der Waals surface area (Å²) < 4.78 is 6.95. The monoisotopic (exact) mass is 338 g/mol. The SMILES string of the molecule is Brc1ccc(OCCN2CCCC2C2CCCN2)cc1. The van der Waals surface area contributed by atoms with Crippen LogP contribution in [0.2, 0.25) is 0 Å². The van der Waals surface area contributed by atoms with E-state index in [9.17, 15) is 0 Å². The van der Waals surface area contributed by atoms with E-state index >= 15 is 0 Å². The number of nitrogens with zero attached hydrogens (tertiary/aromatic N) is 1.